The molecule has 6 rings (SSSR count). The largest absolute Gasteiger partial charge is 0.418 e. The van der Waals surface area contributed by atoms with Gasteiger partial charge < -0.3 is 0 Å². The van der Waals surface area contributed by atoms with Gasteiger partial charge in [-0.2, -0.15) is 13.2 Å². The van der Waals surface area contributed by atoms with Crippen molar-refractivity contribution in [2.24, 2.45) is 11.8 Å². The highest BCUT2D eigenvalue weighted by molar-refractivity contribution is 5.56. The van der Waals surface area contributed by atoms with E-state index in [1.807, 2.05) is 0 Å². The first-order chi connectivity index (χ1) is 18.7. The van der Waals surface area contributed by atoms with E-state index in [1.54, 1.807) is 10.8 Å². The molecular formula is C29H41F3N6O. The number of hydrogen-bond donors (Lipinski definition) is 2. The highest BCUT2D eigenvalue weighted by Gasteiger charge is 2.38. The summed E-state index contributed by atoms with van der Waals surface area (Å²) in [5.74, 6) is 0.843. The molecule has 2 saturated heterocycles. The van der Waals surface area contributed by atoms with Crippen molar-refractivity contribution < 1.29 is 13.2 Å². The molecule has 7 nitrogen and oxygen atoms in total. The van der Waals surface area contributed by atoms with E-state index in [0.717, 1.165) is 71.1 Å². The van der Waals surface area contributed by atoms with Crippen molar-refractivity contribution in [1.82, 2.24) is 29.6 Å². The SMILES string of the molecule is C[C@H]1CCCN(Cc2cc(C(F)(F)F)c3cn(C4CCCC(C(=C5CCC5)C5NNCN5C)C4)c(=O)n3c2)C1. The molecule has 4 atom stereocenters. The van der Waals surface area contributed by atoms with E-state index in [2.05, 4.69) is 34.6 Å². The molecule has 4 fully saturated rings. The number of nitrogens with one attached hydrogen (secondary N) is 2. The molecule has 4 heterocycles. The first kappa shape index (κ1) is 27.1. The zero-order valence-corrected chi connectivity index (χ0v) is 23.1. The Kier molecular flexibility index (Phi) is 7.41. The first-order valence-electron chi connectivity index (χ1n) is 14.6. The van der Waals surface area contributed by atoms with Gasteiger partial charge in [-0.15, -0.1) is 0 Å². The first-order valence-corrected chi connectivity index (χ1v) is 14.6. The minimum atomic E-state index is -4.53. The van der Waals surface area contributed by atoms with Crippen molar-refractivity contribution >= 4 is 5.52 Å². The zero-order chi connectivity index (χ0) is 27.3. The Labute approximate surface area is 228 Å². The van der Waals surface area contributed by atoms with Gasteiger partial charge in [0.25, 0.3) is 0 Å². The minimum absolute atomic E-state index is 0.0376. The fourth-order valence-corrected chi connectivity index (χ4v) is 7.36. The lowest BCUT2D eigenvalue weighted by Crippen LogP contribution is -2.41. The minimum Gasteiger partial charge on any atom is -0.299 e. The monoisotopic (exact) mass is 546 g/mol. The van der Waals surface area contributed by atoms with Crippen molar-refractivity contribution in [3.05, 3.63) is 51.2 Å². The number of alkyl halides is 3. The molecule has 0 aromatic carbocycles. The van der Waals surface area contributed by atoms with Gasteiger partial charge in [0.2, 0.25) is 0 Å². The molecule has 0 bridgehead atoms. The summed E-state index contributed by atoms with van der Waals surface area (Å²) in [6.45, 7) is 5.13. The molecule has 3 unspecified atom stereocenters. The molecule has 10 heteroatoms. The van der Waals surface area contributed by atoms with Crippen molar-refractivity contribution in [2.75, 3.05) is 26.8 Å². The van der Waals surface area contributed by atoms with Gasteiger partial charge in [0.05, 0.1) is 23.9 Å². The van der Waals surface area contributed by atoms with Gasteiger partial charge in [0.1, 0.15) is 0 Å². The van der Waals surface area contributed by atoms with Crippen LogP contribution in [0.15, 0.2) is 34.4 Å². The number of aromatic nitrogens is 2. The standard InChI is InChI=1S/C29H41F3N6O/c1-19-6-5-11-36(14-19)15-20-12-24(29(30,31)32)25-17-37(28(39)38(25)16-20)23-10-4-9-22(13-23)26(21-7-3-8-21)27-34-33-18-35(27)2/h12,16-17,19,22-23,27,33-34H,3-11,13-15,18H2,1-2H3/t19-,22?,23?,27?/m0/s1. The molecule has 2 aromatic heterocycles. The number of likely N-dealkylation sites (tertiary alicyclic amines) is 1. The Bertz CT molecular complexity index is 1290. The third-order valence-corrected chi connectivity index (χ3v) is 9.45. The number of hydrogen-bond acceptors (Lipinski definition) is 5. The summed E-state index contributed by atoms with van der Waals surface area (Å²) in [4.78, 5) is 18.2. The van der Waals surface area contributed by atoms with Crippen LogP contribution in [0.5, 0.6) is 0 Å². The van der Waals surface area contributed by atoms with Crippen LogP contribution in [0.4, 0.5) is 13.2 Å². The van der Waals surface area contributed by atoms with Crippen LogP contribution in [0, 0.1) is 11.8 Å². The van der Waals surface area contributed by atoms with Gasteiger partial charge in [-0.1, -0.05) is 18.9 Å². The predicted octanol–water partition coefficient (Wildman–Crippen LogP) is 4.89. The third-order valence-electron chi connectivity index (χ3n) is 9.45. The number of fused-ring (bicyclic) bond motifs is 1. The highest BCUT2D eigenvalue weighted by atomic mass is 19.4. The van der Waals surface area contributed by atoms with Crippen LogP contribution in [0.1, 0.15) is 81.9 Å². The van der Waals surface area contributed by atoms with Crippen LogP contribution in [-0.4, -0.2) is 51.7 Å². The maximum atomic E-state index is 14.3. The summed E-state index contributed by atoms with van der Waals surface area (Å²) in [6.07, 6.45) is 7.96. The maximum Gasteiger partial charge on any atom is 0.418 e. The summed E-state index contributed by atoms with van der Waals surface area (Å²) >= 11 is 0. The van der Waals surface area contributed by atoms with Gasteiger partial charge in [-0.25, -0.2) is 15.6 Å². The number of allylic oxidation sites excluding steroid dienone is 1. The van der Waals surface area contributed by atoms with Gasteiger partial charge >= 0.3 is 11.9 Å². The molecule has 0 radical (unpaired) electrons. The number of rotatable bonds is 5. The molecule has 0 amide bonds. The average molecular weight is 547 g/mol. The molecule has 0 spiro atoms. The van der Waals surface area contributed by atoms with E-state index in [4.69, 9.17) is 0 Å². The third kappa shape index (κ3) is 5.33. The highest BCUT2D eigenvalue weighted by Crippen LogP contribution is 2.43. The van der Waals surface area contributed by atoms with E-state index in [-0.39, 0.29) is 23.4 Å². The lowest BCUT2D eigenvalue weighted by atomic mass is 9.74. The fraction of sp³-hybridized carbons (Fsp3) is 0.690. The Balaban J connectivity index is 1.33. The van der Waals surface area contributed by atoms with E-state index >= 15 is 0 Å². The van der Waals surface area contributed by atoms with Gasteiger partial charge in [-0.05, 0) is 94.0 Å². The molecule has 2 saturated carbocycles. The Morgan fingerprint density at radius 3 is 2.59 bits per heavy atom. The van der Waals surface area contributed by atoms with Gasteiger partial charge in [-0.3, -0.25) is 18.8 Å². The number of halogens is 3. The van der Waals surface area contributed by atoms with E-state index < -0.39 is 11.7 Å². The van der Waals surface area contributed by atoms with Crippen LogP contribution < -0.4 is 16.5 Å². The van der Waals surface area contributed by atoms with E-state index in [9.17, 15) is 18.0 Å². The van der Waals surface area contributed by atoms with Crippen molar-refractivity contribution in [2.45, 2.75) is 89.6 Å². The van der Waals surface area contributed by atoms with Gasteiger partial charge in [0.15, 0.2) is 0 Å². The van der Waals surface area contributed by atoms with Crippen molar-refractivity contribution in [3.8, 4) is 0 Å². The summed E-state index contributed by atoms with van der Waals surface area (Å²) in [7, 11) is 2.10. The normalized spacial score (nSPS) is 29.2. The molecule has 2 N–H and O–H groups in total. The van der Waals surface area contributed by atoms with E-state index in [0.29, 0.717) is 23.9 Å². The second-order valence-corrected chi connectivity index (χ2v) is 12.4. The summed E-state index contributed by atoms with van der Waals surface area (Å²) in [5, 5.41) is 0. The molecule has 2 aliphatic carbocycles. The summed E-state index contributed by atoms with van der Waals surface area (Å²) < 4.78 is 45.7. The van der Waals surface area contributed by atoms with E-state index in [1.165, 1.54) is 34.2 Å². The quantitative estimate of drug-likeness (QED) is 0.524. The maximum absolute atomic E-state index is 14.3. The summed E-state index contributed by atoms with van der Waals surface area (Å²) in [5.41, 5.74) is 9.05. The molecule has 39 heavy (non-hydrogen) atoms. The fourth-order valence-electron chi connectivity index (χ4n) is 7.36. The van der Waals surface area contributed by atoms with Crippen LogP contribution in [-0.2, 0) is 12.7 Å². The number of pyridine rings is 1. The number of piperidine rings is 1. The van der Waals surface area contributed by atoms with Crippen LogP contribution in [0.2, 0.25) is 0 Å². The Morgan fingerprint density at radius 1 is 1.10 bits per heavy atom. The van der Waals surface area contributed by atoms with Crippen LogP contribution in [0.3, 0.4) is 0 Å². The van der Waals surface area contributed by atoms with Gasteiger partial charge in [0, 0.05) is 31.5 Å². The number of nitrogens with zero attached hydrogens (tertiary/aromatic N) is 4. The smallest absolute Gasteiger partial charge is 0.299 e. The second-order valence-electron chi connectivity index (χ2n) is 12.4. The lowest BCUT2D eigenvalue weighted by Gasteiger charge is -2.38. The second kappa shape index (κ2) is 10.7. The van der Waals surface area contributed by atoms with Crippen molar-refractivity contribution in [1.29, 1.82) is 0 Å². The molecule has 4 aliphatic rings. The molecule has 214 valence electrons. The molecular weight excluding hydrogens is 505 g/mol. The summed E-state index contributed by atoms with van der Waals surface area (Å²) in [6, 6.07) is 1.15. The topological polar surface area (TPSA) is 57.0 Å². The zero-order valence-electron chi connectivity index (χ0n) is 23.1. The lowest BCUT2D eigenvalue weighted by molar-refractivity contribution is -0.136. The Hall–Kier alpha value is -2.14. The van der Waals surface area contributed by atoms with Crippen LogP contribution >= 0.6 is 0 Å². The molecule has 2 aliphatic heterocycles. The number of likely N-dealkylation sites (N-methyl/N-ethyl adjacent to an activating group) is 1. The van der Waals surface area contributed by atoms with Crippen LogP contribution in [0.25, 0.3) is 5.52 Å². The molecule has 2 aromatic rings. The number of hydrazine groups is 1. The number of imidazole rings is 1. The Morgan fingerprint density at radius 2 is 1.92 bits per heavy atom. The predicted molar refractivity (Wildman–Crippen MR) is 145 cm³/mol. The average Bonchev–Trinajstić information content (AvgIpc) is 3.43. The van der Waals surface area contributed by atoms with Crippen molar-refractivity contribution in [3.63, 3.8) is 0 Å².